The van der Waals surface area contributed by atoms with Gasteiger partial charge in [-0.2, -0.15) is 13.2 Å². The van der Waals surface area contributed by atoms with Crippen LogP contribution in [-0.4, -0.2) is 59.0 Å². The molecule has 1 atom stereocenters. The van der Waals surface area contributed by atoms with Crippen molar-refractivity contribution in [3.8, 4) is 0 Å². The number of aromatic nitrogens is 2. The van der Waals surface area contributed by atoms with Crippen molar-refractivity contribution in [3.63, 3.8) is 0 Å². The Balaban J connectivity index is 1.82. The summed E-state index contributed by atoms with van der Waals surface area (Å²) in [7, 11) is -3.16. The van der Waals surface area contributed by atoms with Gasteiger partial charge < -0.3 is 4.90 Å². The number of fused-ring (bicyclic) bond motifs is 1. The number of thioether (sulfide) groups is 1. The van der Waals surface area contributed by atoms with Gasteiger partial charge in [-0.1, -0.05) is 43.3 Å². The molecule has 1 aliphatic heterocycles. The first kappa shape index (κ1) is 22.8. The Kier molecular flexibility index (Phi) is 6.91. The predicted molar refractivity (Wildman–Crippen MR) is 109 cm³/mol. The van der Waals surface area contributed by atoms with Crippen LogP contribution in [0.4, 0.5) is 13.2 Å². The molecule has 0 bridgehead atoms. The first-order chi connectivity index (χ1) is 14.1. The fourth-order valence-electron chi connectivity index (χ4n) is 3.36. The number of alkyl halides is 3. The van der Waals surface area contributed by atoms with Gasteiger partial charge in [0.15, 0.2) is 9.84 Å². The average molecular weight is 462 g/mol. The average Bonchev–Trinajstić information content (AvgIpc) is 3.05. The van der Waals surface area contributed by atoms with Crippen LogP contribution in [0.3, 0.4) is 0 Å². The summed E-state index contributed by atoms with van der Waals surface area (Å²) in [5.74, 6) is -1.69. The van der Waals surface area contributed by atoms with Gasteiger partial charge in [-0.25, -0.2) is 18.4 Å². The van der Waals surface area contributed by atoms with Crippen LogP contribution >= 0.6 is 11.8 Å². The predicted octanol–water partition coefficient (Wildman–Crippen LogP) is 3.56. The molecule has 6 nitrogen and oxygen atoms in total. The SMILES string of the molecule is CCCCN(C(=O)CSc1nc(C(F)(F)F)nc2ccccc12)C1CCS(=O)(=O)C1. The van der Waals surface area contributed by atoms with E-state index in [1.165, 1.54) is 6.07 Å². The summed E-state index contributed by atoms with van der Waals surface area (Å²) in [6.45, 7) is 2.39. The topological polar surface area (TPSA) is 80.2 Å². The van der Waals surface area contributed by atoms with Crippen molar-refractivity contribution >= 4 is 38.4 Å². The minimum absolute atomic E-state index is 0.0478. The lowest BCUT2D eigenvalue weighted by molar-refractivity contribution is -0.145. The monoisotopic (exact) mass is 461 g/mol. The van der Waals surface area contributed by atoms with E-state index in [0.717, 1.165) is 24.6 Å². The molecule has 0 saturated carbocycles. The van der Waals surface area contributed by atoms with Crippen LogP contribution in [0.15, 0.2) is 29.3 Å². The molecule has 30 heavy (non-hydrogen) atoms. The van der Waals surface area contributed by atoms with E-state index in [2.05, 4.69) is 9.97 Å². The van der Waals surface area contributed by atoms with Crippen molar-refractivity contribution in [2.75, 3.05) is 23.8 Å². The number of carbonyl (C=O) groups is 1. The van der Waals surface area contributed by atoms with E-state index in [4.69, 9.17) is 0 Å². The number of amides is 1. The highest BCUT2D eigenvalue weighted by molar-refractivity contribution is 8.00. The van der Waals surface area contributed by atoms with E-state index < -0.39 is 21.8 Å². The number of unbranched alkanes of at least 4 members (excludes halogenated alkanes) is 1. The van der Waals surface area contributed by atoms with Gasteiger partial charge in [0.25, 0.3) is 0 Å². The molecule has 0 N–H and O–H groups in total. The molecule has 0 radical (unpaired) electrons. The van der Waals surface area contributed by atoms with Crippen molar-refractivity contribution in [2.24, 2.45) is 0 Å². The van der Waals surface area contributed by atoms with Gasteiger partial charge in [0.1, 0.15) is 5.03 Å². The van der Waals surface area contributed by atoms with E-state index in [-0.39, 0.29) is 39.8 Å². The maximum Gasteiger partial charge on any atom is 0.451 e. The van der Waals surface area contributed by atoms with Gasteiger partial charge in [-0.3, -0.25) is 4.79 Å². The maximum absolute atomic E-state index is 13.2. The number of carbonyl (C=O) groups excluding carboxylic acids is 1. The van der Waals surface area contributed by atoms with E-state index in [9.17, 15) is 26.4 Å². The van der Waals surface area contributed by atoms with Crippen LogP contribution in [0.2, 0.25) is 0 Å². The van der Waals surface area contributed by atoms with Crippen LogP contribution in [-0.2, 0) is 20.8 Å². The number of hydrogen-bond acceptors (Lipinski definition) is 6. The molecule has 1 saturated heterocycles. The standard InChI is InChI=1S/C19H22F3N3O3S2/c1-2-3-9-25(13-8-10-30(27,28)12-13)16(26)11-29-17-14-6-4-5-7-15(14)23-18(24-17)19(20,21)22/h4-7,13H,2-3,8-12H2,1H3. The summed E-state index contributed by atoms with van der Waals surface area (Å²) in [5.41, 5.74) is 0.152. The number of para-hydroxylation sites is 1. The van der Waals surface area contributed by atoms with Crippen molar-refractivity contribution in [1.82, 2.24) is 14.9 Å². The Hall–Kier alpha value is -1.88. The normalized spacial score (nSPS) is 18.6. The minimum atomic E-state index is -4.70. The molecule has 1 aliphatic rings. The zero-order valence-electron chi connectivity index (χ0n) is 16.4. The highest BCUT2D eigenvalue weighted by Gasteiger charge is 2.36. The van der Waals surface area contributed by atoms with E-state index in [1.54, 1.807) is 23.1 Å². The Morgan fingerprint density at radius 1 is 1.27 bits per heavy atom. The molecule has 0 spiro atoms. The maximum atomic E-state index is 13.2. The lowest BCUT2D eigenvalue weighted by atomic mass is 10.2. The quantitative estimate of drug-likeness (QED) is 0.463. The van der Waals surface area contributed by atoms with Gasteiger partial charge in [0.2, 0.25) is 11.7 Å². The number of hydrogen-bond donors (Lipinski definition) is 0. The summed E-state index contributed by atoms with van der Waals surface area (Å²) in [6.07, 6.45) is -2.75. The molecule has 2 heterocycles. The number of benzene rings is 1. The summed E-state index contributed by atoms with van der Waals surface area (Å²) in [5, 5.41) is 0.516. The largest absolute Gasteiger partial charge is 0.451 e. The molecule has 0 aliphatic carbocycles. The first-order valence-corrected chi connectivity index (χ1v) is 12.4. The molecule has 3 rings (SSSR count). The van der Waals surface area contributed by atoms with Gasteiger partial charge in [-0.05, 0) is 18.9 Å². The van der Waals surface area contributed by atoms with E-state index >= 15 is 0 Å². The molecular formula is C19H22F3N3O3S2. The number of sulfone groups is 1. The second-order valence-corrected chi connectivity index (χ2v) is 10.3. The molecule has 2 aromatic rings. The molecule has 1 fully saturated rings. The highest BCUT2D eigenvalue weighted by atomic mass is 32.2. The molecule has 1 amide bonds. The molecule has 1 aromatic carbocycles. The third kappa shape index (κ3) is 5.42. The Morgan fingerprint density at radius 3 is 2.63 bits per heavy atom. The van der Waals surface area contributed by atoms with Crippen molar-refractivity contribution in [1.29, 1.82) is 0 Å². The first-order valence-electron chi connectivity index (χ1n) is 9.57. The van der Waals surface area contributed by atoms with E-state index in [0.29, 0.717) is 18.4 Å². The molecule has 11 heteroatoms. The fourth-order valence-corrected chi connectivity index (χ4v) is 5.99. The minimum Gasteiger partial charge on any atom is -0.338 e. The zero-order valence-corrected chi connectivity index (χ0v) is 18.0. The van der Waals surface area contributed by atoms with Gasteiger partial charge in [0, 0.05) is 18.0 Å². The fraction of sp³-hybridized carbons (Fsp3) is 0.526. The summed E-state index contributed by atoms with van der Waals surface area (Å²) < 4.78 is 63.2. The smallest absolute Gasteiger partial charge is 0.338 e. The second kappa shape index (κ2) is 9.09. The van der Waals surface area contributed by atoms with Crippen LogP contribution in [0.5, 0.6) is 0 Å². The number of halogens is 3. The van der Waals surface area contributed by atoms with Crippen LogP contribution in [0, 0.1) is 0 Å². The van der Waals surface area contributed by atoms with Gasteiger partial charge >= 0.3 is 6.18 Å². The molecule has 1 aromatic heterocycles. The van der Waals surface area contributed by atoms with Crippen LogP contribution in [0.25, 0.3) is 10.9 Å². The zero-order chi connectivity index (χ0) is 21.9. The lowest BCUT2D eigenvalue weighted by Crippen LogP contribution is -2.42. The number of rotatable bonds is 7. The summed E-state index contributed by atoms with van der Waals surface area (Å²) in [6, 6.07) is 5.95. The van der Waals surface area contributed by atoms with Gasteiger partial charge in [-0.15, -0.1) is 0 Å². The number of nitrogens with zero attached hydrogens (tertiary/aromatic N) is 3. The highest BCUT2D eigenvalue weighted by Crippen LogP contribution is 2.32. The molecule has 1 unspecified atom stereocenters. The third-order valence-corrected chi connectivity index (χ3v) is 7.60. The molecule has 164 valence electrons. The summed E-state index contributed by atoms with van der Waals surface area (Å²) in [4.78, 5) is 21.7. The lowest BCUT2D eigenvalue weighted by Gasteiger charge is -2.28. The van der Waals surface area contributed by atoms with Gasteiger partial charge in [0.05, 0.1) is 22.8 Å². The van der Waals surface area contributed by atoms with E-state index in [1.807, 2.05) is 6.92 Å². The van der Waals surface area contributed by atoms with Crippen molar-refractivity contribution in [3.05, 3.63) is 30.1 Å². The Bertz CT molecular complexity index is 1030. The third-order valence-electron chi connectivity index (χ3n) is 4.88. The summed E-state index contributed by atoms with van der Waals surface area (Å²) >= 11 is 0.917. The van der Waals surface area contributed by atoms with Crippen molar-refractivity contribution < 1.29 is 26.4 Å². The molecular weight excluding hydrogens is 439 g/mol. The van der Waals surface area contributed by atoms with Crippen molar-refractivity contribution in [2.45, 2.75) is 43.4 Å². The Labute approximate surface area is 177 Å². The second-order valence-electron chi connectivity index (χ2n) is 7.15. The Morgan fingerprint density at radius 2 is 2.00 bits per heavy atom. The van der Waals surface area contributed by atoms with Crippen LogP contribution < -0.4 is 0 Å². The van der Waals surface area contributed by atoms with Crippen LogP contribution in [0.1, 0.15) is 32.0 Å².